The van der Waals surface area contributed by atoms with E-state index >= 15 is 0 Å². The summed E-state index contributed by atoms with van der Waals surface area (Å²) in [5.41, 5.74) is -0.237. The predicted molar refractivity (Wildman–Crippen MR) is 61.3 cm³/mol. The fourth-order valence-corrected chi connectivity index (χ4v) is 2.00. The van der Waals surface area contributed by atoms with E-state index in [2.05, 4.69) is 28.8 Å². The zero-order chi connectivity index (χ0) is 11.6. The van der Waals surface area contributed by atoms with Gasteiger partial charge in [0.05, 0.1) is 20.0 Å². The number of rotatable bonds is 3. The van der Waals surface area contributed by atoms with Gasteiger partial charge in [-0.05, 0) is 21.0 Å². The van der Waals surface area contributed by atoms with E-state index in [0.29, 0.717) is 0 Å². The number of hydrogen-bond donors (Lipinski definition) is 0. The van der Waals surface area contributed by atoms with Crippen LogP contribution in [0.1, 0.15) is 20.8 Å². The summed E-state index contributed by atoms with van der Waals surface area (Å²) in [6, 6.07) is 0. The molecule has 1 fully saturated rings. The molecule has 0 saturated carbocycles. The number of hydrogen-bond acceptors (Lipinski definition) is 4. The second-order valence-electron chi connectivity index (χ2n) is 5.41. The Balaban J connectivity index is 2.54. The van der Waals surface area contributed by atoms with Crippen molar-refractivity contribution in [1.82, 2.24) is 14.7 Å². The molecule has 0 spiro atoms. The second kappa shape index (κ2) is 4.60. The molecule has 0 aliphatic carbocycles. The average Bonchev–Trinajstić information content (AvgIpc) is 1.99. The Bertz CT molecular complexity index is 230. The molecule has 15 heavy (non-hydrogen) atoms. The first kappa shape index (κ1) is 12.6. The number of carbonyl (C=O) groups is 1. The minimum absolute atomic E-state index is 0.237. The minimum Gasteiger partial charge on any atom is -0.299 e. The molecular formula is C11H23N3O. The Morgan fingerprint density at radius 1 is 1.13 bits per heavy atom. The monoisotopic (exact) mass is 213 g/mol. The van der Waals surface area contributed by atoms with Crippen molar-refractivity contribution in [3.63, 3.8) is 0 Å². The predicted octanol–water partition coefficient (Wildman–Crippen LogP) is 0.653. The minimum atomic E-state index is -0.237. The number of carbonyl (C=O) groups excluding carboxylic acids is 1. The van der Waals surface area contributed by atoms with Gasteiger partial charge in [-0.15, -0.1) is 0 Å². The van der Waals surface area contributed by atoms with Crippen molar-refractivity contribution in [2.45, 2.75) is 20.8 Å². The van der Waals surface area contributed by atoms with Crippen LogP contribution < -0.4 is 0 Å². The third kappa shape index (κ3) is 3.55. The van der Waals surface area contributed by atoms with Gasteiger partial charge in [0.2, 0.25) is 0 Å². The molecule has 88 valence electrons. The number of nitrogens with zero attached hydrogens (tertiary/aromatic N) is 3. The molecule has 0 bridgehead atoms. The van der Waals surface area contributed by atoms with Gasteiger partial charge in [-0.2, -0.15) is 0 Å². The van der Waals surface area contributed by atoms with E-state index in [0.717, 1.165) is 26.6 Å². The van der Waals surface area contributed by atoms with Crippen LogP contribution in [-0.2, 0) is 4.79 Å². The molecular weight excluding hydrogens is 190 g/mol. The van der Waals surface area contributed by atoms with Crippen molar-refractivity contribution in [2.75, 3.05) is 40.6 Å². The van der Waals surface area contributed by atoms with Crippen LogP contribution in [-0.4, -0.2) is 61.1 Å². The third-order valence-corrected chi connectivity index (χ3v) is 2.94. The molecule has 0 aromatic heterocycles. The molecule has 1 aliphatic heterocycles. The summed E-state index contributed by atoms with van der Waals surface area (Å²) in [4.78, 5) is 18.3. The molecule has 0 N–H and O–H groups in total. The van der Waals surface area contributed by atoms with Gasteiger partial charge in [0.1, 0.15) is 5.78 Å². The summed E-state index contributed by atoms with van der Waals surface area (Å²) in [5, 5.41) is 0. The largest absolute Gasteiger partial charge is 0.299 e. The molecule has 0 amide bonds. The van der Waals surface area contributed by atoms with Crippen molar-refractivity contribution >= 4 is 5.78 Å². The lowest BCUT2D eigenvalue weighted by Crippen LogP contribution is -2.54. The van der Waals surface area contributed by atoms with Gasteiger partial charge in [0.25, 0.3) is 0 Å². The number of Topliss-reactive ketones (excluding diaryl/α,β-unsaturated/α-hetero) is 1. The molecule has 4 heteroatoms. The maximum Gasteiger partial charge on any atom is 0.136 e. The summed E-state index contributed by atoms with van der Waals surface area (Å²) in [6.07, 6.45) is 0. The van der Waals surface area contributed by atoms with Crippen LogP contribution in [0.25, 0.3) is 0 Å². The molecule has 1 rings (SSSR count). The fourth-order valence-electron chi connectivity index (χ4n) is 2.00. The van der Waals surface area contributed by atoms with Gasteiger partial charge in [0, 0.05) is 12.0 Å². The molecule has 0 atom stereocenters. The van der Waals surface area contributed by atoms with Crippen LogP contribution in [0.5, 0.6) is 0 Å². The molecule has 0 aromatic rings. The van der Waals surface area contributed by atoms with E-state index in [1.54, 1.807) is 6.92 Å². The van der Waals surface area contributed by atoms with Gasteiger partial charge in [-0.1, -0.05) is 13.8 Å². The highest BCUT2D eigenvalue weighted by Gasteiger charge is 2.29. The summed E-state index contributed by atoms with van der Waals surface area (Å²) < 4.78 is 0. The maximum absolute atomic E-state index is 11.4. The summed E-state index contributed by atoms with van der Waals surface area (Å²) in [5.74, 6) is 0.262. The standard InChI is InChI=1S/C11H23N3O/c1-10(15)11(2,3)6-14-8-12(4)7-13(5)9-14/h6-9H2,1-5H3. The lowest BCUT2D eigenvalue weighted by Gasteiger charge is -2.41. The van der Waals surface area contributed by atoms with Crippen LogP contribution in [0.4, 0.5) is 0 Å². The molecule has 0 aromatic carbocycles. The quantitative estimate of drug-likeness (QED) is 0.688. The third-order valence-electron chi connectivity index (χ3n) is 2.94. The van der Waals surface area contributed by atoms with Crippen molar-refractivity contribution in [2.24, 2.45) is 5.41 Å². The molecule has 0 radical (unpaired) electrons. The smallest absolute Gasteiger partial charge is 0.136 e. The SMILES string of the molecule is CC(=O)C(C)(C)CN1CN(C)CN(C)C1. The van der Waals surface area contributed by atoms with E-state index in [4.69, 9.17) is 0 Å². The number of ketones is 1. The van der Waals surface area contributed by atoms with Gasteiger partial charge in [-0.3, -0.25) is 19.5 Å². The highest BCUT2D eigenvalue weighted by molar-refractivity contribution is 5.81. The van der Waals surface area contributed by atoms with Crippen LogP contribution in [0.3, 0.4) is 0 Å². The topological polar surface area (TPSA) is 26.8 Å². The Morgan fingerprint density at radius 2 is 1.60 bits per heavy atom. The lowest BCUT2D eigenvalue weighted by molar-refractivity contribution is -0.127. The van der Waals surface area contributed by atoms with E-state index < -0.39 is 0 Å². The van der Waals surface area contributed by atoms with Crippen LogP contribution >= 0.6 is 0 Å². The van der Waals surface area contributed by atoms with E-state index in [1.807, 2.05) is 13.8 Å². The lowest BCUT2D eigenvalue weighted by atomic mass is 9.88. The molecule has 4 nitrogen and oxygen atoms in total. The summed E-state index contributed by atoms with van der Waals surface area (Å²) in [7, 11) is 4.20. The first-order chi connectivity index (χ1) is 6.81. The first-order valence-electron chi connectivity index (χ1n) is 5.42. The van der Waals surface area contributed by atoms with Crippen molar-refractivity contribution in [3.8, 4) is 0 Å². The van der Waals surface area contributed by atoms with Crippen LogP contribution in [0.2, 0.25) is 0 Å². The molecule has 1 saturated heterocycles. The van der Waals surface area contributed by atoms with Crippen molar-refractivity contribution in [3.05, 3.63) is 0 Å². The van der Waals surface area contributed by atoms with Crippen molar-refractivity contribution in [1.29, 1.82) is 0 Å². The fraction of sp³-hybridized carbons (Fsp3) is 0.909. The molecule has 1 aliphatic rings. The van der Waals surface area contributed by atoms with Crippen LogP contribution in [0.15, 0.2) is 0 Å². The zero-order valence-electron chi connectivity index (χ0n) is 10.6. The second-order valence-corrected chi connectivity index (χ2v) is 5.41. The normalized spacial score (nSPS) is 21.9. The Hall–Kier alpha value is -0.450. The van der Waals surface area contributed by atoms with Crippen LogP contribution in [0, 0.1) is 5.41 Å². The Kier molecular flexibility index (Phi) is 3.87. The van der Waals surface area contributed by atoms with Crippen molar-refractivity contribution < 1.29 is 4.79 Å². The van der Waals surface area contributed by atoms with Gasteiger partial charge < -0.3 is 0 Å². The molecule has 1 heterocycles. The van der Waals surface area contributed by atoms with Gasteiger partial charge in [-0.25, -0.2) is 0 Å². The van der Waals surface area contributed by atoms with E-state index in [1.165, 1.54) is 0 Å². The Labute approximate surface area is 92.8 Å². The summed E-state index contributed by atoms with van der Waals surface area (Å²) in [6.45, 7) is 9.43. The maximum atomic E-state index is 11.4. The highest BCUT2D eigenvalue weighted by atomic mass is 16.1. The first-order valence-corrected chi connectivity index (χ1v) is 5.42. The average molecular weight is 213 g/mol. The molecule has 0 unspecified atom stereocenters. The summed E-state index contributed by atoms with van der Waals surface area (Å²) >= 11 is 0. The van der Waals surface area contributed by atoms with Gasteiger partial charge >= 0.3 is 0 Å². The Morgan fingerprint density at radius 3 is 2.00 bits per heavy atom. The van der Waals surface area contributed by atoms with E-state index in [-0.39, 0.29) is 11.2 Å². The van der Waals surface area contributed by atoms with E-state index in [9.17, 15) is 4.79 Å². The zero-order valence-corrected chi connectivity index (χ0v) is 10.6. The highest BCUT2D eigenvalue weighted by Crippen LogP contribution is 2.19. The van der Waals surface area contributed by atoms with Gasteiger partial charge in [0.15, 0.2) is 0 Å².